The number of benzene rings is 1. The van der Waals surface area contributed by atoms with Crippen molar-refractivity contribution in [1.29, 1.82) is 0 Å². The number of fused-ring (bicyclic) bond motifs is 1. The van der Waals surface area contributed by atoms with Crippen molar-refractivity contribution in [3.8, 4) is 0 Å². The van der Waals surface area contributed by atoms with Gasteiger partial charge >= 0.3 is 0 Å². The summed E-state index contributed by atoms with van der Waals surface area (Å²) in [4.78, 5) is 7.96. The van der Waals surface area contributed by atoms with Gasteiger partial charge in [-0.05, 0) is 25.1 Å². The molecule has 0 radical (unpaired) electrons. The summed E-state index contributed by atoms with van der Waals surface area (Å²) in [5.41, 5.74) is 2.12. The molecule has 0 unspecified atom stereocenters. The molecule has 0 saturated heterocycles. The standard InChI is InChI=1S/C15H13Cl3N4/c1-9-4-10-5-11(16)6-12(17)15(10)22(9)3-2-19-14-7-13(18)20-8-21-14/h4-8H,2-3H2,1H3,(H,19,20,21). The van der Waals surface area contributed by atoms with Gasteiger partial charge < -0.3 is 9.88 Å². The molecule has 0 fully saturated rings. The van der Waals surface area contributed by atoms with Gasteiger partial charge in [0.25, 0.3) is 0 Å². The smallest absolute Gasteiger partial charge is 0.134 e. The number of nitrogens with zero attached hydrogens (tertiary/aromatic N) is 3. The van der Waals surface area contributed by atoms with Crippen LogP contribution in [0.15, 0.2) is 30.6 Å². The third-order valence-corrected chi connectivity index (χ3v) is 4.11. The molecule has 2 heterocycles. The summed E-state index contributed by atoms with van der Waals surface area (Å²) >= 11 is 18.2. The van der Waals surface area contributed by atoms with Gasteiger partial charge in [0.2, 0.25) is 0 Å². The Kier molecular flexibility index (Phi) is 4.43. The second kappa shape index (κ2) is 6.32. The molecule has 114 valence electrons. The number of hydrogen-bond donors (Lipinski definition) is 1. The molecule has 0 aliphatic carbocycles. The molecule has 0 aliphatic heterocycles. The van der Waals surface area contributed by atoms with Crippen LogP contribution in [0.1, 0.15) is 5.69 Å². The summed E-state index contributed by atoms with van der Waals surface area (Å²) in [5, 5.41) is 5.97. The Labute approximate surface area is 143 Å². The topological polar surface area (TPSA) is 42.7 Å². The first kappa shape index (κ1) is 15.4. The van der Waals surface area contributed by atoms with Gasteiger partial charge in [-0.15, -0.1) is 0 Å². The average Bonchev–Trinajstić information content (AvgIpc) is 2.75. The van der Waals surface area contributed by atoms with E-state index in [0.29, 0.717) is 27.6 Å². The van der Waals surface area contributed by atoms with Crippen LogP contribution in [-0.2, 0) is 6.54 Å². The molecule has 0 saturated carbocycles. The number of anilines is 1. The minimum absolute atomic E-state index is 0.415. The maximum absolute atomic E-state index is 6.33. The maximum atomic E-state index is 6.33. The number of aryl methyl sites for hydroxylation is 1. The molecule has 4 nitrogen and oxygen atoms in total. The van der Waals surface area contributed by atoms with E-state index >= 15 is 0 Å². The van der Waals surface area contributed by atoms with Crippen molar-refractivity contribution in [1.82, 2.24) is 14.5 Å². The van der Waals surface area contributed by atoms with Crippen LogP contribution in [-0.4, -0.2) is 21.1 Å². The van der Waals surface area contributed by atoms with Crippen molar-refractivity contribution < 1.29 is 0 Å². The number of rotatable bonds is 4. The van der Waals surface area contributed by atoms with Crippen molar-refractivity contribution in [2.75, 3.05) is 11.9 Å². The molecule has 1 N–H and O–H groups in total. The largest absolute Gasteiger partial charge is 0.368 e. The van der Waals surface area contributed by atoms with E-state index in [0.717, 1.165) is 23.1 Å². The first-order valence-electron chi connectivity index (χ1n) is 6.71. The van der Waals surface area contributed by atoms with Crippen molar-refractivity contribution in [3.05, 3.63) is 51.5 Å². The second-order valence-corrected chi connectivity index (χ2v) is 6.15. The molecule has 0 aliphatic rings. The number of hydrogen-bond acceptors (Lipinski definition) is 3. The van der Waals surface area contributed by atoms with E-state index in [4.69, 9.17) is 34.8 Å². The van der Waals surface area contributed by atoms with E-state index in [-0.39, 0.29) is 0 Å². The predicted octanol–water partition coefficient (Wildman–Crippen LogP) is 4.81. The van der Waals surface area contributed by atoms with E-state index in [1.807, 2.05) is 13.0 Å². The highest BCUT2D eigenvalue weighted by molar-refractivity contribution is 6.38. The van der Waals surface area contributed by atoms with E-state index in [9.17, 15) is 0 Å². The lowest BCUT2D eigenvalue weighted by atomic mass is 10.2. The summed E-state index contributed by atoms with van der Waals surface area (Å²) < 4.78 is 2.16. The van der Waals surface area contributed by atoms with Gasteiger partial charge in [-0.3, -0.25) is 0 Å². The number of aromatic nitrogens is 3. The summed E-state index contributed by atoms with van der Waals surface area (Å²) in [6, 6.07) is 7.45. The zero-order valence-electron chi connectivity index (χ0n) is 11.8. The fourth-order valence-electron chi connectivity index (χ4n) is 2.47. The molecule has 0 bridgehead atoms. The Morgan fingerprint density at radius 2 is 1.91 bits per heavy atom. The van der Waals surface area contributed by atoms with Gasteiger partial charge in [0.05, 0.1) is 10.5 Å². The highest BCUT2D eigenvalue weighted by Crippen LogP contribution is 2.30. The maximum Gasteiger partial charge on any atom is 0.134 e. The van der Waals surface area contributed by atoms with Gasteiger partial charge in [-0.2, -0.15) is 0 Å². The van der Waals surface area contributed by atoms with Crippen LogP contribution in [0.2, 0.25) is 15.2 Å². The van der Waals surface area contributed by atoms with Gasteiger partial charge in [0.1, 0.15) is 17.3 Å². The Morgan fingerprint density at radius 1 is 1.09 bits per heavy atom. The Balaban J connectivity index is 1.81. The second-order valence-electron chi connectivity index (χ2n) is 4.92. The molecule has 3 aromatic rings. The van der Waals surface area contributed by atoms with E-state index in [1.165, 1.54) is 6.33 Å². The molecule has 0 amide bonds. The van der Waals surface area contributed by atoms with Gasteiger partial charge in [0.15, 0.2) is 0 Å². The van der Waals surface area contributed by atoms with Gasteiger partial charge in [0, 0.05) is 35.3 Å². The average molecular weight is 356 g/mol. The summed E-state index contributed by atoms with van der Waals surface area (Å²) in [5.74, 6) is 0.697. The number of nitrogens with one attached hydrogen (secondary N) is 1. The van der Waals surface area contributed by atoms with Crippen LogP contribution in [0, 0.1) is 6.92 Å². The fourth-order valence-corrected chi connectivity index (χ4v) is 3.23. The van der Waals surface area contributed by atoms with Gasteiger partial charge in [-0.25, -0.2) is 9.97 Å². The molecule has 22 heavy (non-hydrogen) atoms. The Hall–Kier alpha value is -1.49. The van der Waals surface area contributed by atoms with Crippen LogP contribution in [0.25, 0.3) is 10.9 Å². The van der Waals surface area contributed by atoms with E-state index < -0.39 is 0 Å². The van der Waals surface area contributed by atoms with Gasteiger partial charge in [-0.1, -0.05) is 34.8 Å². The quantitative estimate of drug-likeness (QED) is 0.683. The molecule has 0 atom stereocenters. The minimum atomic E-state index is 0.415. The Bertz CT molecular complexity index is 829. The zero-order valence-corrected chi connectivity index (χ0v) is 14.0. The fraction of sp³-hybridized carbons (Fsp3) is 0.200. The molecular formula is C15H13Cl3N4. The normalized spacial score (nSPS) is 11.1. The van der Waals surface area contributed by atoms with Crippen LogP contribution in [0.5, 0.6) is 0 Å². The van der Waals surface area contributed by atoms with E-state index in [2.05, 4.69) is 25.9 Å². The first-order chi connectivity index (χ1) is 10.5. The Morgan fingerprint density at radius 3 is 2.68 bits per heavy atom. The zero-order chi connectivity index (χ0) is 15.7. The lowest BCUT2D eigenvalue weighted by Gasteiger charge is -2.11. The summed E-state index contributed by atoms with van der Waals surface area (Å²) in [6.07, 6.45) is 1.43. The molecule has 7 heteroatoms. The SMILES string of the molecule is Cc1cc2cc(Cl)cc(Cl)c2n1CCNc1cc(Cl)ncn1. The van der Waals surface area contributed by atoms with Crippen molar-refractivity contribution in [2.45, 2.75) is 13.5 Å². The molecule has 3 rings (SSSR count). The van der Waals surface area contributed by atoms with Crippen molar-refractivity contribution >= 4 is 51.5 Å². The molecular weight excluding hydrogens is 343 g/mol. The summed E-state index contributed by atoms with van der Waals surface area (Å²) in [6.45, 7) is 3.49. The van der Waals surface area contributed by atoms with Crippen molar-refractivity contribution in [2.24, 2.45) is 0 Å². The summed E-state index contributed by atoms with van der Waals surface area (Å²) in [7, 11) is 0. The van der Waals surface area contributed by atoms with Crippen LogP contribution >= 0.6 is 34.8 Å². The highest BCUT2D eigenvalue weighted by Gasteiger charge is 2.10. The molecule has 0 spiro atoms. The first-order valence-corrected chi connectivity index (χ1v) is 7.84. The van der Waals surface area contributed by atoms with E-state index in [1.54, 1.807) is 12.1 Å². The lowest BCUT2D eigenvalue weighted by molar-refractivity contribution is 0.733. The van der Waals surface area contributed by atoms with Crippen LogP contribution in [0.3, 0.4) is 0 Å². The minimum Gasteiger partial charge on any atom is -0.368 e. The third kappa shape index (κ3) is 3.14. The lowest BCUT2D eigenvalue weighted by Crippen LogP contribution is -2.12. The molecule has 1 aromatic carbocycles. The van der Waals surface area contributed by atoms with Crippen LogP contribution < -0.4 is 5.32 Å². The third-order valence-electron chi connectivity index (χ3n) is 3.39. The molecule has 2 aromatic heterocycles. The van der Waals surface area contributed by atoms with Crippen LogP contribution in [0.4, 0.5) is 5.82 Å². The monoisotopic (exact) mass is 354 g/mol. The predicted molar refractivity (Wildman–Crippen MR) is 92.2 cm³/mol. The number of halogens is 3. The van der Waals surface area contributed by atoms with Crippen molar-refractivity contribution in [3.63, 3.8) is 0 Å². The highest BCUT2D eigenvalue weighted by atomic mass is 35.5.